The summed E-state index contributed by atoms with van der Waals surface area (Å²) in [4.78, 5) is 4.20. The van der Waals surface area contributed by atoms with Crippen LogP contribution >= 0.6 is 11.8 Å². The van der Waals surface area contributed by atoms with Crippen LogP contribution in [-0.4, -0.2) is 43.4 Å². The molecule has 0 aliphatic carbocycles. The summed E-state index contributed by atoms with van der Waals surface area (Å²) < 4.78 is 0. The molecule has 2 heterocycles. The largest absolute Gasteiger partial charge is 0.319 e. The van der Waals surface area contributed by atoms with Crippen molar-refractivity contribution in [3.05, 3.63) is 29.8 Å². The zero-order chi connectivity index (χ0) is 13.1. The standard InChI is InChI=1S/C16H24N2S/c1-17-10-13-5-4-8-18(11-13)12-15-9-14-6-2-3-7-16(14)19-15/h2-3,6-7,13,15,17H,4-5,8-12H2,1H3. The first kappa shape index (κ1) is 13.5. The number of benzene rings is 1. The van der Waals surface area contributed by atoms with E-state index in [2.05, 4.69) is 53.3 Å². The van der Waals surface area contributed by atoms with Crippen LogP contribution in [0.4, 0.5) is 0 Å². The Labute approximate surface area is 121 Å². The molecule has 0 saturated carbocycles. The molecule has 2 nitrogen and oxygen atoms in total. The molecule has 19 heavy (non-hydrogen) atoms. The molecule has 2 atom stereocenters. The van der Waals surface area contributed by atoms with Crippen LogP contribution < -0.4 is 5.32 Å². The second kappa shape index (κ2) is 6.29. The van der Waals surface area contributed by atoms with Gasteiger partial charge < -0.3 is 10.2 Å². The number of hydrogen-bond donors (Lipinski definition) is 1. The number of nitrogens with zero attached hydrogens (tertiary/aromatic N) is 1. The fraction of sp³-hybridized carbons (Fsp3) is 0.625. The van der Waals surface area contributed by atoms with E-state index in [1.807, 2.05) is 0 Å². The lowest BCUT2D eigenvalue weighted by Crippen LogP contribution is -2.41. The van der Waals surface area contributed by atoms with Gasteiger partial charge in [0.25, 0.3) is 0 Å². The lowest BCUT2D eigenvalue weighted by molar-refractivity contribution is 0.174. The minimum absolute atomic E-state index is 0.769. The third-order valence-corrected chi connectivity index (χ3v) is 5.57. The molecule has 1 saturated heterocycles. The summed E-state index contributed by atoms with van der Waals surface area (Å²) in [6.45, 7) is 5.02. The fourth-order valence-corrected chi connectivity index (χ4v) is 4.78. The van der Waals surface area contributed by atoms with Gasteiger partial charge in [-0.2, -0.15) is 0 Å². The third-order valence-electron chi connectivity index (χ3n) is 4.27. The van der Waals surface area contributed by atoms with Gasteiger partial charge in [0.05, 0.1) is 0 Å². The Bertz CT molecular complexity index is 394. The Morgan fingerprint density at radius 3 is 3.11 bits per heavy atom. The molecule has 2 aliphatic rings. The van der Waals surface area contributed by atoms with Gasteiger partial charge in [0.15, 0.2) is 0 Å². The lowest BCUT2D eigenvalue weighted by atomic mass is 9.97. The summed E-state index contributed by atoms with van der Waals surface area (Å²) in [6, 6.07) is 8.91. The minimum Gasteiger partial charge on any atom is -0.319 e. The van der Waals surface area contributed by atoms with E-state index in [4.69, 9.17) is 0 Å². The maximum Gasteiger partial charge on any atom is 0.0263 e. The zero-order valence-corrected chi connectivity index (χ0v) is 12.6. The van der Waals surface area contributed by atoms with Crippen LogP contribution in [0.5, 0.6) is 0 Å². The second-order valence-corrected chi connectivity index (χ2v) is 7.22. The van der Waals surface area contributed by atoms with E-state index in [9.17, 15) is 0 Å². The molecule has 1 aromatic carbocycles. The molecule has 104 valence electrons. The molecular weight excluding hydrogens is 252 g/mol. The average molecular weight is 276 g/mol. The number of fused-ring (bicyclic) bond motifs is 1. The summed E-state index contributed by atoms with van der Waals surface area (Å²) in [7, 11) is 2.07. The van der Waals surface area contributed by atoms with Crippen LogP contribution in [0.3, 0.4) is 0 Å². The molecule has 2 aliphatic heterocycles. The molecule has 1 N–H and O–H groups in total. The predicted molar refractivity (Wildman–Crippen MR) is 82.9 cm³/mol. The van der Waals surface area contributed by atoms with Gasteiger partial charge in [-0.3, -0.25) is 0 Å². The first-order chi connectivity index (χ1) is 9.35. The van der Waals surface area contributed by atoms with Crippen LogP contribution in [0.25, 0.3) is 0 Å². The Hall–Kier alpha value is -0.510. The van der Waals surface area contributed by atoms with Crippen LogP contribution in [0.1, 0.15) is 18.4 Å². The maximum absolute atomic E-state index is 3.33. The molecule has 0 bridgehead atoms. The highest BCUT2D eigenvalue weighted by molar-refractivity contribution is 8.00. The van der Waals surface area contributed by atoms with E-state index in [1.54, 1.807) is 5.56 Å². The number of nitrogens with one attached hydrogen (secondary N) is 1. The molecule has 0 spiro atoms. The molecule has 3 rings (SSSR count). The Kier molecular flexibility index (Phi) is 4.46. The molecule has 0 radical (unpaired) electrons. The van der Waals surface area contributed by atoms with Crippen molar-refractivity contribution in [1.82, 2.24) is 10.2 Å². The predicted octanol–water partition coefficient (Wildman–Crippen LogP) is 2.63. The number of rotatable bonds is 4. The quantitative estimate of drug-likeness (QED) is 0.910. The second-order valence-electron chi connectivity index (χ2n) is 5.88. The van der Waals surface area contributed by atoms with E-state index >= 15 is 0 Å². The lowest BCUT2D eigenvalue weighted by Gasteiger charge is -2.34. The first-order valence-corrected chi connectivity index (χ1v) is 8.34. The van der Waals surface area contributed by atoms with Crippen LogP contribution in [-0.2, 0) is 6.42 Å². The summed E-state index contributed by atoms with van der Waals surface area (Å²) in [5.41, 5.74) is 1.56. The van der Waals surface area contributed by atoms with Crippen molar-refractivity contribution in [3.8, 4) is 0 Å². The van der Waals surface area contributed by atoms with Gasteiger partial charge in [-0.15, -0.1) is 11.8 Å². The van der Waals surface area contributed by atoms with E-state index in [1.165, 1.54) is 50.3 Å². The van der Waals surface area contributed by atoms with Gasteiger partial charge in [0, 0.05) is 23.2 Å². The average Bonchev–Trinajstić information content (AvgIpc) is 2.81. The Balaban J connectivity index is 1.53. The fourth-order valence-electron chi connectivity index (χ4n) is 3.42. The molecule has 0 amide bonds. The van der Waals surface area contributed by atoms with E-state index < -0.39 is 0 Å². The van der Waals surface area contributed by atoms with Gasteiger partial charge in [-0.25, -0.2) is 0 Å². The van der Waals surface area contributed by atoms with E-state index in [0.717, 1.165) is 11.2 Å². The van der Waals surface area contributed by atoms with Crippen molar-refractivity contribution in [2.45, 2.75) is 29.4 Å². The molecular formula is C16H24N2S. The van der Waals surface area contributed by atoms with Crippen molar-refractivity contribution < 1.29 is 0 Å². The topological polar surface area (TPSA) is 15.3 Å². The van der Waals surface area contributed by atoms with E-state index in [0.29, 0.717) is 0 Å². The summed E-state index contributed by atoms with van der Waals surface area (Å²) in [5, 5.41) is 4.10. The monoisotopic (exact) mass is 276 g/mol. The van der Waals surface area contributed by atoms with Crippen molar-refractivity contribution in [2.75, 3.05) is 33.2 Å². The summed E-state index contributed by atoms with van der Waals surface area (Å²) >= 11 is 2.09. The van der Waals surface area contributed by atoms with Gasteiger partial charge in [-0.05, 0) is 56.9 Å². The SMILES string of the molecule is CNCC1CCCN(CC2Cc3ccccc3S2)C1. The molecule has 3 heteroatoms. The molecule has 2 unspecified atom stereocenters. The molecule has 1 fully saturated rings. The third kappa shape index (κ3) is 3.33. The van der Waals surface area contributed by atoms with Gasteiger partial charge >= 0.3 is 0 Å². The maximum atomic E-state index is 3.33. The Morgan fingerprint density at radius 2 is 2.26 bits per heavy atom. The number of piperidine rings is 1. The minimum atomic E-state index is 0.769. The van der Waals surface area contributed by atoms with Crippen molar-refractivity contribution in [1.29, 1.82) is 0 Å². The summed E-state index contributed by atoms with van der Waals surface area (Å²) in [6.07, 6.45) is 4.03. The number of likely N-dealkylation sites (tertiary alicyclic amines) is 1. The zero-order valence-electron chi connectivity index (χ0n) is 11.8. The number of thioether (sulfide) groups is 1. The molecule has 1 aromatic rings. The van der Waals surface area contributed by atoms with Gasteiger partial charge in [0.1, 0.15) is 0 Å². The van der Waals surface area contributed by atoms with Crippen LogP contribution in [0.15, 0.2) is 29.2 Å². The Morgan fingerprint density at radius 1 is 1.37 bits per heavy atom. The highest BCUT2D eigenvalue weighted by Crippen LogP contribution is 2.37. The van der Waals surface area contributed by atoms with Gasteiger partial charge in [0.2, 0.25) is 0 Å². The number of hydrogen-bond acceptors (Lipinski definition) is 3. The van der Waals surface area contributed by atoms with Crippen LogP contribution in [0, 0.1) is 5.92 Å². The van der Waals surface area contributed by atoms with Crippen molar-refractivity contribution in [3.63, 3.8) is 0 Å². The van der Waals surface area contributed by atoms with Crippen LogP contribution in [0.2, 0.25) is 0 Å². The molecule has 0 aromatic heterocycles. The van der Waals surface area contributed by atoms with Crippen molar-refractivity contribution in [2.24, 2.45) is 5.92 Å². The van der Waals surface area contributed by atoms with Crippen molar-refractivity contribution >= 4 is 11.8 Å². The highest BCUT2D eigenvalue weighted by atomic mass is 32.2. The normalized spacial score (nSPS) is 27.4. The first-order valence-electron chi connectivity index (χ1n) is 7.46. The smallest absolute Gasteiger partial charge is 0.0263 e. The van der Waals surface area contributed by atoms with E-state index in [-0.39, 0.29) is 0 Å². The summed E-state index contributed by atoms with van der Waals surface area (Å²) in [5.74, 6) is 0.854. The highest BCUT2D eigenvalue weighted by Gasteiger charge is 2.26. The van der Waals surface area contributed by atoms with Gasteiger partial charge in [-0.1, -0.05) is 18.2 Å².